The first-order chi connectivity index (χ1) is 15.6. The summed E-state index contributed by atoms with van der Waals surface area (Å²) in [5.41, 5.74) is 1.29. The van der Waals surface area contributed by atoms with Crippen molar-refractivity contribution in [1.29, 1.82) is 0 Å². The number of alkyl carbamates (subject to hydrolysis) is 1. The van der Waals surface area contributed by atoms with Gasteiger partial charge in [-0.25, -0.2) is 4.79 Å². The van der Waals surface area contributed by atoms with Crippen molar-refractivity contribution >= 4 is 41.5 Å². The average molecular weight is 457 g/mol. The second-order valence-corrected chi connectivity index (χ2v) is 9.31. The Balaban J connectivity index is 1.81. The number of amides is 1. The standard InChI is InChI=1S/C23H32N6O4/c1-23(2,3)33-22(32)26-9-8-24-16-6-7-17(25-10-11-29(4)5)19-18(16)20(30)14-12-27-28-13-15(14)21(19)31/h6-7,12-15,24-25H,8-11H2,1-5H3,(H,26,32). The highest BCUT2D eigenvalue weighted by atomic mass is 16.6. The first kappa shape index (κ1) is 24.4. The minimum atomic E-state index is -0.667. The summed E-state index contributed by atoms with van der Waals surface area (Å²) in [6.45, 7) is 7.41. The molecule has 0 saturated carbocycles. The van der Waals surface area contributed by atoms with Crippen molar-refractivity contribution in [3.63, 3.8) is 0 Å². The number of rotatable bonds is 8. The van der Waals surface area contributed by atoms with Gasteiger partial charge in [-0.3, -0.25) is 9.59 Å². The number of nitrogens with one attached hydrogen (secondary N) is 3. The molecule has 0 radical (unpaired) electrons. The lowest BCUT2D eigenvalue weighted by molar-refractivity contribution is 0.0529. The molecule has 3 rings (SSSR count). The molecule has 1 aliphatic carbocycles. The lowest BCUT2D eigenvalue weighted by Gasteiger charge is -2.30. The minimum Gasteiger partial charge on any atom is -0.444 e. The Hall–Kier alpha value is -3.27. The van der Waals surface area contributed by atoms with Gasteiger partial charge in [0.1, 0.15) is 5.60 Å². The predicted molar refractivity (Wildman–Crippen MR) is 129 cm³/mol. The van der Waals surface area contributed by atoms with Crippen LogP contribution < -0.4 is 16.0 Å². The Morgan fingerprint density at radius 1 is 0.939 bits per heavy atom. The molecule has 10 nitrogen and oxygen atoms in total. The molecular formula is C23H32N6O4. The van der Waals surface area contributed by atoms with Gasteiger partial charge < -0.3 is 25.6 Å². The molecule has 1 heterocycles. The first-order valence-corrected chi connectivity index (χ1v) is 11.0. The second-order valence-electron chi connectivity index (χ2n) is 9.31. The molecule has 0 fully saturated rings. The zero-order valence-electron chi connectivity index (χ0n) is 19.8. The SMILES string of the molecule is CN(C)CCNc1ccc(NCCNC(=O)OC(C)(C)C)c2c1C(=O)C1C=NN=CC1C2=O. The van der Waals surface area contributed by atoms with Crippen molar-refractivity contribution in [1.82, 2.24) is 10.2 Å². The maximum absolute atomic E-state index is 13.4. The smallest absolute Gasteiger partial charge is 0.407 e. The number of ketones is 2. The average Bonchev–Trinajstić information content (AvgIpc) is 2.74. The van der Waals surface area contributed by atoms with E-state index in [1.54, 1.807) is 32.9 Å². The second kappa shape index (κ2) is 10.1. The Labute approximate surface area is 193 Å². The molecule has 0 aromatic heterocycles. The summed E-state index contributed by atoms with van der Waals surface area (Å²) in [6, 6.07) is 3.58. The van der Waals surface area contributed by atoms with Crippen LogP contribution in [-0.2, 0) is 4.74 Å². The van der Waals surface area contributed by atoms with E-state index in [0.717, 1.165) is 6.54 Å². The van der Waals surface area contributed by atoms with Crippen LogP contribution in [0.25, 0.3) is 0 Å². The van der Waals surface area contributed by atoms with E-state index in [9.17, 15) is 14.4 Å². The highest BCUT2D eigenvalue weighted by Gasteiger charge is 2.43. The van der Waals surface area contributed by atoms with Crippen LogP contribution in [0.5, 0.6) is 0 Å². The number of fused-ring (bicyclic) bond motifs is 2. The number of nitrogens with zero attached hydrogens (tertiary/aromatic N) is 3. The highest BCUT2D eigenvalue weighted by molar-refractivity contribution is 6.28. The summed E-state index contributed by atoms with van der Waals surface area (Å²) in [5.74, 6) is -1.66. The zero-order chi connectivity index (χ0) is 24.2. The predicted octanol–water partition coefficient (Wildman–Crippen LogP) is 2.28. The van der Waals surface area contributed by atoms with Crippen molar-refractivity contribution < 1.29 is 19.1 Å². The van der Waals surface area contributed by atoms with Gasteiger partial charge in [-0.05, 0) is 47.0 Å². The summed E-state index contributed by atoms with van der Waals surface area (Å²) >= 11 is 0. The number of benzene rings is 1. The molecular weight excluding hydrogens is 424 g/mol. The van der Waals surface area contributed by atoms with Gasteiger partial charge in [-0.2, -0.15) is 10.2 Å². The van der Waals surface area contributed by atoms with E-state index in [2.05, 4.69) is 26.2 Å². The normalized spacial score (nSPS) is 19.2. The van der Waals surface area contributed by atoms with Crippen LogP contribution in [-0.4, -0.2) is 80.9 Å². The Morgan fingerprint density at radius 2 is 1.45 bits per heavy atom. The Morgan fingerprint density at radius 3 is 1.94 bits per heavy atom. The number of anilines is 2. The van der Waals surface area contributed by atoms with Gasteiger partial charge in [0, 0.05) is 50.0 Å². The lowest BCUT2D eigenvalue weighted by Crippen LogP contribution is -2.41. The Kier molecular flexibility index (Phi) is 7.47. The molecule has 3 N–H and O–H groups in total. The summed E-state index contributed by atoms with van der Waals surface area (Å²) in [7, 11) is 3.93. The molecule has 2 atom stereocenters. The fourth-order valence-electron chi connectivity index (χ4n) is 3.70. The third-order valence-electron chi connectivity index (χ3n) is 5.19. The van der Waals surface area contributed by atoms with Crippen LogP contribution in [0.15, 0.2) is 22.3 Å². The van der Waals surface area contributed by atoms with E-state index >= 15 is 0 Å². The molecule has 1 aromatic rings. The quantitative estimate of drug-likeness (QED) is 0.513. The van der Waals surface area contributed by atoms with Gasteiger partial charge in [-0.15, -0.1) is 0 Å². The molecule has 2 aliphatic rings. The summed E-state index contributed by atoms with van der Waals surface area (Å²) < 4.78 is 5.23. The van der Waals surface area contributed by atoms with Crippen LogP contribution >= 0.6 is 0 Å². The van der Waals surface area contributed by atoms with Gasteiger partial charge in [0.25, 0.3) is 0 Å². The van der Waals surface area contributed by atoms with Crippen LogP contribution in [0, 0.1) is 11.8 Å². The monoisotopic (exact) mass is 456 g/mol. The third-order valence-corrected chi connectivity index (χ3v) is 5.19. The van der Waals surface area contributed by atoms with E-state index in [4.69, 9.17) is 4.74 Å². The molecule has 1 aromatic carbocycles. The molecule has 0 bridgehead atoms. The van der Waals surface area contributed by atoms with E-state index in [1.807, 2.05) is 19.0 Å². The molecule has 10 heteroatoms. The largest absolute Gasteiger partial charge is 0.444 e. The first-order valence-electron chi connectivity index (χ1n) is 11.0. The zero-order valence-corrected chi connectivity index (χ0v) is 19.8. The molecule has 2 unspecified atom stereocenters. The fourth-order valence-corrected chi connectivity index (χ4v) is 3.70. The molecule has 178 valence electrons. The van der Waals surface area contributed by atoms with Gasteiger partial charge in [0.15, 0.2) is 11.6 Å². The Bertz CT molecular complexity index is 980. The van der Waals surface area contributed by atoms with Crippen molar-refractivity contribution in [3.05, 3.63) is 23.3 Å². The van der Waals surface area contributed by atoms with Crippen molar-refractivity contribution in [3.8, 4) is 0 Å². The number of ether oxygens (including phenoxy) is 1. The molecule has 0 spiro atoms. The van der Waals surface area contributed by atoms with E-state index < -0.39 is 23.5 Å². The number of carbonyl (C=O) groups excluding carboxylic acids is 3. The fraction of sp³-hybridized carbons (Fsp3) is 0.522. The number of carbonyl (C=O) groups is 3. The molecule has 1 aliphatic heterocycles. The molecule has 0 saturated heterocycles. The minimum absolute atomic E-state index is 0.160. The van der Waals surface area contributed by atoms with E-state index in [1.165, 1.54) is 12.4 Å². The summed E-state index contributed by atoms with van der Waals surface area (Å²) in [4.78, 5) is 40.6. The maximum atomic E-state index is 13.4. The van der Waals surface area contributed by atoms with Crippen molar-refractivity contribution in [2.75, 3.05) is 50.9 Å². The van der Waals surface area contributed by atoms with Crippen LogP contribution in [0.1, 0.15) is 41.5 Å². The highest BCUT2D eigenvalue weighted by Crippen LogP contribution is 2.38. The van der Waals surface area contributed by atoms with Gasteiger partial charge in [-0.1, -0.05) is 0 Å². The summed E-state index contributed by atoms with van der Waals surface area (Å²) in [5, 5.41) is 16.8. The van der Waals surface area contributed by atoms with Crippen LogP contribution in [0.3, 0.4) is 0 Å². The summed E-state index contributed by atoms with van der Waals surface area (Å²) in [6.07, 6.45) is 2.37. The maximum Gasteiger partial charge on any atom is 0.407 e. The number of Topliss-reactive ketones (excluding diaryl/α,β-unsaturated/α-hetero) is 2. The number of likely N-dealkylation sites (N-methyl/N-ethyl adjacent to an activating group) is 1. The van der Waals surface area contributed by atoms with Gasteiger partial charge in [0.05, 0.1) is 23.0 Å². The lowest BCUT2D eigenvalue weighted by atomic mass is 9.73. The van der Waals surface area contributed by atoms with Gasteiger partial charge in [0.2, 0.25) is 0 Å². The van der Waals surface area contributed by atoms with Crippen molar-refractivity contribution in [2.45, 2.75) is 26.4 Å². The van der Waals surface area contributed by atoms with Crippen LogP contribution in [0.4, 0.5) is 16.2 Å². The van der Waals surface area contributed by atoms with E-state index in [0.29, 0.717) is 35.6 Å². The van der Waals surface area contributed by atoms with Gasteiger partial charge >= 0.3 is 6.09 Å². The number of hydrogen-bond donors (Lipinski definition) is 3. The topological polar surface area (TPSA) is 124 Å². The third kappa shape index (κ3) is 5.95. The van der Waals surface area contributed by atoms with E-state index in [-0.39, 0.29) is 18.1 Å². The molecule has 33 heavy (non-hydrogen) atoms. The molecule has 1 amide bonds. The van der Waals surface area contributed by atoms with Crippen molar-refractivity contribution in [2.24, 2.45) is 22.0 Å². The number of hydrogen-bond acceptors (Lipinski definition) is 9. The van der Waals surface area contributed by atoms with Crippen LogP contribution in [0.2, 0.25) is 0 Å².